The molecule has 0 saturated carbocycles. The van der Waals surface area contributed by atoms with Gasteiger partial charge in [0, 0.05) is 59.4 Å². The highest BCUT2D eigenvalue weighted by molar-refractivity contribution is 6.39. The monoisotopic (exact) mass is 1070 g/mol. The maximum atomic E-state index is 12.6. The van der Waals surface area contributed by atoms with Gasteiger partial charge in [0.15, 0.2) is 17.3 Å². The quantitative estimate of drug-likeness (QED) is 0.0904. The maximum absolute atomic E-state index is 12.6. The first-order valence-electron chi connectivity index (χ1n) is 26.6. The molecule has 0 unspecified atom stereocenters. The molecule has 0 bridgehead atoms. The van der Waals surface area contributed by atoms with Crippen LogP contribution in [0.5, 0.6) is 0 Å². The minimum absolute atomic E-state index is 0.0831. The summed E-state index contributed by atoms with van der Waals surface area (Å²) in [6, 6.07) is 35.6. The molecule has 0 N–H and O–H groups in total. The summed E-state index contributed by atoms with van der Waals surface area (Å²) < 4.78 is 5.95. The van der Waals surface area contributed by atoms with E-state index in [1.54, 1.807) is 68.7 Å². The largest absolute Gasteiger partial charge is 0.458 e. The summed E-state index contributed by atoms with van der Waals surface area (Å²) in [6.45, 7) is 30.7. The third kappa shape index (κ3) is 14.9. The summed E-state index contributed by atoms with van der Waals surface area (Å²) in [5, 5.41) is 0. The van der Waals surface area contributed by atoms with E-state index in [0.29, 0.717) is 36.5 Å². The molecule has 14 heteroatoms. The van der Waals surface area contributed by atoms with Crippen molar-refractivity contribution in [3.05, 3.63) is 194 Å². The molecule has 0 spiro atoms. The van der Waals surface area contributed by atoms with Crippen LogP contribution in [0, 0.1) is 49.4 Å². The van der Waals surface area contributed by atoms with Crippen molar-refractivity contribution in [2.45, 2.75) is 117 Å². The van der Waals surface area contributed by atoms with Crippen molar-refractivity contribution in [3.63, 3.8) is 0 Å². The van der Waals surface area contributed by atoms with Gasteiger partial charge in [-0.1, -0.05) is 158 Å². The Kier molecular flexibility index (Phi) is 19.3. The fourth-order valence-corrected chi connectivity index (χ4v) is 8.35. The van der Waals surface area contributed by atoms with Gasteiger partial charge >= 0.3 is 17.6 Å². The molecule has 79 heavy (non-hydrogen) atoms. The van der Waals surface area contributed by atoms with Crippen LogP contribution in [0.25, 0.3) is 16.9 Å². The summed E-state index contributed by atoms with van der Waals surface area (Å²) in [5.41, 5.74) is 5.04. The van der Waals surface area contributed by atoms with Gasteiger partial charge in [0.05, 0.1) is 22.2 Å². The molecule has 2 aromatic heterocycles. The molecule has 2 aliphatic rings. The van der Waals surface area contributed by atoms with Crippen LogP contribution in [0.3, 0.4) is 0 Å². The van der Waals surface area contributed by atoms with Gasteiger partial charge in [-0.05, 0) is 102 Å². The van der Waals surface area contributed by atoms with Crippen molar-refractivity contribution in [1.29, 1.82) is 0 Å². The van der Waals surface area contributed by atoms with Gasteiger partial charge in [-0.3, -0.25) is 38.3 Å². The van der Waals surface area contributed by atoms with Gasteiger partial charge in [0.1, 0.15) is 7.05 Å². The number of allylic oxidation sites excluding steroid dienone is 4. The number of benzene rings is 4. The van der Waals surface area contributed by atoms with Crippen molar-refractivity contribution >= 4 is 46.5 Å². The highest BCUT2D eigenvalue weighted by Gasteiger charge is 2.39. The zero-order chi connectivity index (χ0) is 59.1. The molecule has 1 aliphatic heterocycles. The van der Waals surface area contributed by atoms with Crippen molar-refractivity contribution < 1.29 is 33.4 Å². The molecule has 14 nitrogen and oxygen atoms in total. The molecule has 1 aliphatic carbocycles. The molecule has 0 atom stereocenters. The smallest absolute Gasteiger partial charge is 0.293 e. The van der Waals surface area contributed by atoms with E-state index in [0.717, 1.165) is 39.3 Å². The summed E-state index contributed by atoms with van der Waals surface area (Å²) in [6.07, 6.45) is 5.96. The highest BCUT2D eigenvalue weighted by Crippen LogP contribution is 2.30. The number of hydrogen-bond acceptors (Lipinski definition) is 8. The van der Waals surface area contributed by atoms with E-state index in [-0.39, 0.29) is 52.0 Å². The molecule has 0 radical (unpaired) electrons. The number of carbonyl (C=O) groups is 6. The Morgan fingerprint density at radius 3 is 1.49 bits per heavy atom. The normalized spacial score (nSPS) is 13.7. The van der Waals surface area contributed by atoms with Gasteiger partial charge in [0.25, 0.3) is 11.4 Å². The minimum Gasteiger partial charge on any atom is -0.293 e. The van der Waals surface area contributed by atoms with E-state index in [1.165, 1.54) is 18.7 Å². The number of urea groups is 1. The second kappa shape index (κ2) is 24.7. The average molecular weight is 1070 g/mol. The number of aromatic nitrogens is 4. The number of pyridine rings is 1. The van der Waals surface area contributed by atoms with Crippen LogP contribution < -0.4 is 20.8 Å². The lowest BCUT2D eigenvalue weighted by atomic mass is 9.80. The maximum Gasteiger partial charge on any atom is 0.458 e. The van der Waals surface area contributed by atoms with E-state index in [2.05, 4.69) is 0 Å². The lowest BCUT2D eigenvalue weighted by Crippen LogP contribution is -2.43. The lowest BCUT2D eigenvalue weighted by Gasteiger charge is -2.24. The number of amides is 3. The first kappa shape index (κ1) is 61.7. The first-order chi connectivity index (χ1) is 36.7. The summed E-state index contributed by atoms with van der Waals surface area (Å²) >= 11 is 0. The number of aryl methyl sites for hydroxylation is 3. The van der Waals surface area contributed by atoms with Crippen LogP contribution in [0.1, 0.15) is 133 Å². The summed E-state index contributed by atoms with van der Waals surface area (Å²) in [4.78, 5) is 102. The third-order valence-electron chi connectivity index (χ3n) is 13.2. The molecule has 3 amide bonds. The third-order valence-corrected chi connectivity index (χ3v) is 13.2. The number of rotatable bonds is 6. The summed E-state index contributed by atoms with van der Waals surface area (Å²) in [5.74, 6) is -0.0830. The van der Waals surface area contributed by atoms with E-state index in [1.807, 2.05) is 192 Å². The minimum atomic E-state index is -0.607. The Bertz CT molecular complexity index is 3420. The standard InChI is InChI=1S/C18H20O2.C17H19NO2.C15H20N3O2.C15H20N2O2/c1-12-8-10-13(11-9-12)14-6-5-7-15(16(14)19)17(20)18(2,3)4;1-12-7-9-13(10-8-12)18-11-5-6-14(16(18)20)15(19)17(2,3)4;1-11-16(5)18(12-9-7-6-8-10-12)14(20)17(11)13(19)15(2,3)4;1-11-5-7-12(8-6-11)16-9-10-17(14(16)19)13(18)15(2,3)4/h6-11H,5H2,1-4H3;5-11H,1-4H3;6-10H,1-5H3;5-8H,9-10H2,1-4H3/q;;+1;. The van der Waals surface area contributed by atoms with Gasteiger partial charge in [-0.15, -0.1) is 9.25 Å². The van der Waals surface area contributed by atoms with Crippen LogP contribution in [0.15, 0.2) is 149 Å². The van der Waals surface area contributed by atoms with Gasteiger partial charge in [0.2, 0.25) is 5.91 Å². The zero-order valence-corrected chi connectivity index (χ0v) is 49.3. The van der Waals surface area contributed by atoms with Crippen LogP contribution in [-0.4, -0.2) is 67.0 Å². The predicted molar refractivity (Wildman–Crippen MR) is 313 cm³/mol. The number of Topliss-reactive ketones (excluding diaryl/α,β-unsaturated/α-hetero) is 3. The first-order valence-corrected chi connectivity index (χ1v) is 26.6. The van der Waals surface area contributed by atoms with Gasteiger partial charge < -0.3 is 0 Å². The second-order valence-corrected chi connectivity index (χ2v) is 24.1. The molecule has 6 aromatic rings. The molecule has 1 saturated heterocycles. The Hall–Kier alpha value is -8.13. The number of ketones is 3. The highest BCUT2D eigenvalue weighted by atomic mass is 16.2. The SMILES string of the molecule is Cc1ccc(-n2cccc(C(=O)C(C)(C)C)c2=O)cc1.Cc1ccc(C2=CCC=C(C(=O)C(C)(C)C)C2=O)cc1.Cc1ccc(N2CCN(C(=O)C(C)(C)C)C2=O)cc1.Cc1n(C(=O)C(C)(C)C)c(=O)n(-c2ccccc2)[n+]1C. The Labute approximate surface area is 465 Å². The number of carbonyl (C=O) groups excluding carboxylic acids is 6. The van der Waals surface area contributed by atoms with E-state index < -0.39 is 21.7 Å². The lowest BCUT2D eigenvalue weighted by molar-refractivity contribution is -0.751. The molecule has 416 valence electrons. The molecule has 1 fully saturated rings. The average Bonchev–Trinajstić information content (AvgIpc) is 3.92. The fourth-order valence-electron chi connectivity index (χ4n) is 8.35. The van der Waals surface area contributed by atoms with Crippen molar-refractivity contribution in [1.82, 2.24) is 18.7 Å². The Balaban J connectivity index is 0.000000194. The fraction of sp³-hybridized carbons (Fsp3) is 0.369. The molecule has 3 heterocycles. The molecule has 4 aromatic carbocycles. The number of hydrogen-bond donors (Lipinski definition) is 0. The molecule has 8 rings (SSSR count). The van der Waals surface area contributed by atoms with Crippen LogP contribution in [0.2, 0.25) is 0 Å². The Morgan fingerprint density at radius 2 is 1.00 bits per heavy atom. The number of para-hydroxylation sites is 1. The van der Waals surface area contributed by atoms with Crippen molar-refractivity contribution in [2.24, 2.45) is 28.7 Å². The van der Waals surface area contributed by atoms with E-state index in [9.17, 15) is 38.4 Å². The Morgan fingerprint density at radius 1 is 0.506 bits per heavy atom. The van der Waals surface area contributed by atoms with Crippen LogP contribution in [-0.2, 0) is 21.4 Å². The van der Waals surface area contributed by atoms with E-state index in [4.69, 9.17) is 0 Å². The zero-order valence-electron chi connectivity index (χ0n) is 49.3. The number of imide groups is 1. The van der Waals surface area contributed by atoms with E-state index >= 15 is 0 Å². The second-order valence-electron chi connectivity index (χ2n) is 24.1. The van der Waals surface area contributed by atoms with Crippen LogP contribution >= 0.6 is 0 Å². The predicted octanol–water partition coefficient (Wildman–Crippen LogP) is 11.5. The topological polar surface area (TPSA) is 162 Å². The van der Waals surface area contributed by atoms with Crippen molar-refractivity contribution in [3.8, 4) is 11.4 Å². The number of anilines is 1. The summed E-state index contributed by atoms with van der Waals surface area (Å²) in [7, 11) is 1.77. The molecular weight excluding hydrogens is 993 g/mol. The van der Waals surface area contributed by atoms with Crippen molar-refractivity contribution in [2.75, 3.05) is 18.0 Å². The molecular formula is C65H79N6O8+. The number of nitrogens with zero attached hydrogens (tertiary/aromatic N) is 6. The van der Waals surface area contributed by atoms with Gasteiger partial charge in [-0.2, -0.15) is 4.68 Å². The van der Waals surface area contributed by atoms with Crippen LogP contribution in [0.4, 0.5) is 10.5 Å². The van der Waals surface area contributed by atoms with Gasteiger partial charge in [-0.25, -0.2) is 14.4 Å².